The van der Waals surface area contributed by atoms with Crippen molar-refractivity contribution in [2.75, 3.05) is 25.0 Å². The highest BCUT2D eigenvalue weighted by Crippen LogP contribution is 2.09. The minimum Gasteiger partial charge on any atom is -0.370 e. The second-order valence-electron chi connectivity index (χ2n) is 5.77. The van der Waals surface area contributed by atoms with Crippen LogP contribution in [-0.2, 0) is 11.3 Å². The first-order valence-electron chi connectivity index (χ1n) is 7.49. The number of rotatable bonds is 9. The van der Waals surface area contributed by atoms with Gasteiger partial charge in [0.15, 0.2) is 0 Å². The zero-order valence-electron chi connectivity index (χ0n) is 13.5. The first kappa shape index (κ1) is 17.4. The van der Waals surface area contributed by atoms with Gasteiger partial charge >= 0.3 is 0 Å². The van der Waals surface area contributed by atoms with Gasteiger partial charge in [-0.15, -0.1) is 0 Å². The van der Waals surface area contributed by atoms with Gasteiger partial charge in [0.05, 0.1) is 13.1 Å². The van der Waals surface area contributed by atoms with Crippen LogP contribution in [0.25, 0.3) is 0 Å². The summed E-state index contributed by atoms with van der Waals surface area (Å²) < 4.78 is 0. The molecule has 0 aliphatic heterocycles. The maximum atomic E-state index is 11.2. The van der Waals surface area contributed by atoms with E-state index < -0.39 is 0 Å². The second kappa shape index (κ2) is 8.56. The lowest BCUT2D eigenvalue weighted by molar-refractivity contribution is -0.119. The summed E-state index contributed by atoms with van der Waals surface area (Å²) in [5.74, 6) is 1.68. The largest absolute Gasteiger partial charge is 0.370 e. The van der Waals surface area contributed by atoms with Crippen LogP contribution in [0.1, 0.15) is 38.7 Å². The summed E-state index contributed by atoms with van der Waals surface area (Å²) in [6.45, 7) is 10.7. The van der Waals surface area contributed by atoms with Gasteiger partial charge in [0, 0.05) is 24.8 Å². The highest BCUT2D eigenvalue weighted by atomic mass is 16.1. The third kappa shape index (κ3) is 7.04. The number of nitrogens with zero attached hydrogens (tertiary/aromatic N) is 3. The number of nitrogens with one attached hydrogen (secondary N) is 1. The summed E-state index contributed by atoms with van der Waals surface area (Å²) in [6.07, 6.45) is 1.04. The first-order valence-corrected chi connectivity index (χ1v) is 7.49. The molecule has 0 atom stereocenters. The Bertz CT molecular complexity index is 461. The van der Waals surface area contributed by atoms with Gasteiger partial charge in [0.25, 0.3) is 0 Å². The molecule has 6 heteroatoms. The van der Waals surface area contributed by atoms with Gasteiger partial charge in [-0.1, -0.05) is 20.8 Å². The quantitative estimate of drug-likeness (QED) is 0.721. The summed E-state index contributed by atoms with van der Waals surface area (Å²) in [4.78, 5) is 22.1. The molecule has 0 fully saturated rings. The monoisotopic (exact) mass is 293 g/mol. The average molecular weight is 293 g/mol. The van der Waals surface area contributed by atoms with Crippen LogP contribution in [-0.4, -0.2) is 40.4 Å². The average Bonchev–Trinajstić information content (AvgIpc) is 2.33. The summed E-state index contributed by atoms with van der Waals surface area (Å²) >= 11 is 0. The van der Waals surface area contributed by atoms with Crippen LogP contribution in [0.15, 0.2) is 6.07 Å². The molecular weight excluding hydrogens is 266 g/mol. The molecule has 0 spiro atoms. The van der Waals surface area contributed by atoms with Crippen molar-refractivity contribution in [1.29, 1.82) is 0 Å². The van der Waals surface area contributed by atoms with E-state index >= 15 is 0 Å². The van der Waals surface area contributed by atoms with Gasteiger partial charge in [-0.05, 0) is 19.3 Å². The molecule has 0 bridgehead atoms. The molecule has 0 saturated heterocycles. The van der Waals surface area contributed by atoms with Crippen LogP contribution in [0.4, 0.5) is 5.82 Å². The zero-order valence-corrected chi connectivity index (χ0v) is 13.5. The van der Waals surface area contributed by atoms with Crippen molar-refractivity contribution in [3.05, 3.63) is 17.6 Å². The Hall–Kier alpha value is -1.69. The van der Waals surface area contributed by atoms with Crippen molar-refractivity contribution in [3.8, 4) is 0 Å². The van der Waals surface area contributed by atoms with Crippen molar-refractivity contribution in [1.82, 2.24) is 14.9 Å². The van der Waals surface area contributed by atoms with Crippen molar-refractivity contribution in [2.45, 2.75) is 40.7 Å². The summed E-state index contributed by atoms with van der Waals surface area (Å²) in [6, 6.07) is 1.93. The van der Waals surface area contributed by atoms with E-state index in [1.54, 1.807) is 0 Å². The van der Waals surface area contributed by atoms with Crippen molar-refractivity contribution < 1.29 is 4.79 Å². The van der Waals surface area contributed by atoms with E-state index in [1.807, 2.05) is 17.9 Å². The Morgan fingerprint density at radius 2 is 2.14 bits per heavy atom. The Morgan fingerprint density at radius 1 is 1.43 bits per heavy atom. The van der Waals surface area contributed by atoms with Crippen LogP contribution < -0.4 is 11.1 Å². The smallest absolute Gasteiger partial charge is 0.231 e. The molecule has 0 aliphatic carbocycles. The highest BCUT2D eigenvalue weighted by molar-refractivity contribution is 5.75. The van der Waals surface area contributed by atoms with Crippen molar-refractivity contribution >= 4 is 11.7 Å². The summed E-state index contributed by atoms with van der Waals surface area (Å²) in [5, 5.41) is 3.27. The van der Waals surface area contributed by atoms with E-state index in [4.69, 9.17) is 5.73 Å². The maximum Gasteiger partial charge on any atom is 0.231 e. The molecule has 6 nitrogen and oxygen atoms in total. The topological polar surface area (TPSA) is 84.1 Å². The Kier molecular flexibility index (Phi) is 7.08. The molecule has 3 N–H and O–H groups in total. The van der Waals surface area contributed by atoms with E-state index in [9.17, 15) is 4.79 Å². The molecule has 0 saturated carbocycles. The minimum absolute atomic E-state index is 0.229. The Morgan fingerprint density at radius 3 is 2.71 bits per heavy atom. The molecule has 1 aromatic heterocycles. The van der Waals surface area contributed by atoms with E-state index in [0.29, 0.717) is 12.5 Å². The van der Waals surface area contributed by atoms with Gasteiger partial charge in [-0.3, -0.25) is 9.69 Å². The molecule has 21 heavy (non-hydrogen) atoms. The minimum atomic E-state index is -0.326. The number of amides is 1. The van der Waals surface area contributed by atoms with Gasteiger partial charge in [-0.25, -0.2) is 9.97 Å². The van der Waals surface area contributed by atoms with E-state index in [-0.39, 0.29) is 12.5 Å². The van der Waals surface area contributed by atoms with Crippen molar-refractivity contribution in [3.63, 3.8) is 0 Å². The van der Waals surface area contributed by atoms with Crippen LogP contribution in [0.2, 0.25) is 0 Å². The summed E-state index contributed by atoms with van der Waals surface area (Å²) in [5.41, 5.74) is 6.23. The molecule has 1 heterocycles. The van der Waals surface area contributed by atoms with Gasteiger partial charge < -0.3 is 11.1 Å². The molecule has 0 aliphatic rings. The number of anilines is 1. The summed E-state index contributed by atoms with van der Waals surface area (Å²) in [7, 11) is 0. The number of hydrogen-bond donors (Lipinski definition) is 2. The van der Waals surface area contributed by atoms with Crippen molar-refractivity contribution in [2.24, 2.45) is 11.7 Å². The Labute approximate surface area is 127 Å². The standard InChI is InChI=1S/C15H27N5O/c1-5-6-17-14-7-12(4)18-15(19-14)10-20(8-11(2)3)9-13(16)21/h7,11H,5-6,8-10H2,1-4H3,(H2,16,21)(H,17,18,19). The van der Waals surface area contributed by atoms with Gasteiger partial charge in [0.1, 0.15) is 11.6 Å². The third-order valence-electron chi connectivity index (χ3n) is 2.82. The maximum absolute atomic E-state index is 11.2. The Balaban J connectivity index is 2.81. The van der Waals surface area contributed by atoms with Crippen LogP contribution in [0.5, 0.6) is 0 Å². The number of aromatic nitrogens is 2. The number of nitrogens with two attached hydrogens (primary N) is 1. The van der Waals surface area contributed by atoms with E-state index in [1.165, 1.54) is 0 Å². The number of hydrogen-bond acceptors (Lipinski definition) is 5. The highest BCUT2D eigenvalue weighted by Gasteiger charge is 2.13. The fraction of sp³-hybridized carbons (Fsp3) is 0.667. The lowest BCUT2D eigenvalue weighted by Crippen LogP contribution is -2.36. The van der Waals surface area contributed by atoms with Crippen LogP contribution >= 0.6 is 0 Å². The molecule has 1 rings (SSSR count). The molecule has 0 unspecified atom stereocenters. The van der Waals surface area contributed by atoms with Crippen LogP contribution in [0, 0.1) is 12.8 Å². The molecule has 118 valence electrons. The number of aryl methyl sites for hydroxylation is 1. The van der Waals surface area contributed by atoms with Gasteiger partial charge in [0.2, 0.25) is 5.91 Å². The fourth-order valence-corrected chi connectivity index (χ4v) is 2.17. The number of carbonyl (C=O) groups is 1. The molecule has 1 aromatic rings. The first-order chi connectivity index (χ1) is 9.90. The molecule has 1 amide bonds. The lowest BCUT2D eigenvalue weighted by Gasteiger charge is -2.22. The normalized spacial score (nSPS) is 11.1. The third-order valence-corrected chi connectivity index (χ3v) is 2.82. The number of carbonyl (C=O) groups excluding carboxylic acids is 1. The van der Waals surface area contributed by atoms with Crippen LogP contribution in [0.3, 0.4) is 0 Å². The predicted molar refractivity (Wildman–Crippen MR) is 84.9 cm³/mol. The predicted octanol–water partition coefficient (Wildman–Crippen LogP) is 1.55. The fourth-order valence-electron chi connectivity index (χ4n) is 2.17. The van der Waals surface area contributed by atoms with Gasteiger partial charge in [-0.2, -0.15) is 0 Å². The molecular formula is C15H27N5O. The SMILES string of the molecule is CCCNc1cc(C)nc(CN(CC(N)=O)CC(C)C)n1. The zero-order chi connectivity index (χ0) is 15.8. The van der Waals surface area contributed by atoms with E-state index in [0.717, 1.165) is 36.8 Å². The molecule has 0 radical (unpaired) electrons. The van der Waals surface area contributed by atoms with E-state index in [2.05, 4.69) is 36.1 Å². The lowest BCUT2D eigenvalue weighted by atomic mass is 10.2. The number of primary amides is 1. The second-order valence-corrected chi connectivity index (χ2v) is 5.77. The molecule has 0 aromatic carbocycles.